The Morgan fingerprint density at radius 1 is 0.900 bits per heavy atom. The van der Waals surface area contributed by atoms with Gasteiger partial charge in [0.15, 0.2) is 5.82 Å². The van der Waals surface area contributed by atoms with Crippen molar-refractivity contribution in [3.63, 3.8) is 0 Å². The summed E-state index contributed by atoms with van der Waals surface area (Å²) in [6.07, 6.45) is -0.720. The van der Waals surface area contributed by atoms with Crippen LogP contribution < -0.4 is 5.43 Å². The van der Waals surface area contributed by atoms with Gasteiger partial charge < -0.3 is 5.11 Å². The van der Waals surface area contributed by atoms with Crippen LogP contribution in [0, 0.1) is 30.6 Å². The van der Waals surface area contributed by atoms with Gasteiger partial charge in [-0.25, -0.2) is 4.98 Å². The Balaban J connectivity index is 1.11. The zero-order chi connectivity index (χ0) is 42.2. The molecule has 2 N–H and O–H groups in total. The summed E-state index contributed by atoms with van der Waals surface area (Å²) in [4.78, 5) is 67.2. The van der Waals surface area contributed by atoms with Gasteiger partial charge in [-0.1, -0.05) is 89.4 Å². The van der Waals surface area contributed by atoms with Crippen LogP contribution in [0.25, 0.3) is 0 Å². The molecule has 10 nitrogen and oxygen atoms in total. The Labute approximate surface area is 353 Å². The van der Waals surface area contributed by atoms with Gasteiger partial charge in [-0.15, -0.1) is 0 Å². The minimum absolute atomic E-state index is 0.0164. The quantitative estimate of drug-likeness (QED) is 0.141. The standard InChI is InChI=1S/C45H40Cl2F3N5O5/c1-24-19-26(7-14-36(24)56)38-31-12-13-32-37(42(59)54(40(32)57)30-15-17-53(18-16-30)23-25-5-3-2-4-6-25)33(31)21-34-41(58)55(43(60)44(34,38)27-8-10-29(46)11-9-27)52-39-35(47)20-28(22-51-39)45(48,49)50/h2-12,14,19-20,22,30,32-34,37-38,56H,13,15-18,21,23H2,1H3,(H,51,52). The summed E-state index contributed by atoms with van der Waals surface area (Å²) in [5, 5.41) is 11.3. The van der Waals surface area contributed by atoms with Crippen molar-refractivity contribution in [3.8, 4) is 5.75 Å². The number of hydrogen-bond acceptors (Lipinski definition) is 8. The summed E-state index contributed by atoms with van der Waals surface area (Å²) in [7, 11) is 0. The van der Waals surface area contributed by atoms with Crippen molar-refractivity contribution in [3.05, 3.63) is 135 Å². The molecule has 3 saturated heterocycles. The second-order valence-corrected chi connectivity index (χ2v) is 17.3. The molecule has 1 saturated carbocycles. The fourth-order valence-electron chi connectivity index (χ4n) is 10.6. The van der Waals surface area contributed by atoms with Crippen LogP contribution in [0.1, 0.15) is 59.4 Å². The molecule has 15 heteroatoms. The van der Waals surface area contributed by atoms with E-state index < -0.39 is 63.6 Å². The summed E-state index contributed by atoms with van der Waals surface area (Å²) >= 11 is 12.7. The third-order valence-electron chi connectivity index (χ3n) is 13.3. The maximum absolute atomic E-state index is 15.4. The van der Waals surface area contributed by atoms with Gasteiger partial charge in [-0.05, 0) is 85.0 Å². The van der Waals surface area contributed by atoms with Gasteiger partial charge in [0.05, 0.1) is 33.8 Å². The van der Waals surface area contributed by atoms with E-state index in [1.807, 2.05) is 24.3 Å². The van der Waals surface area contributed by atoms with E-state index in [9.17, 15) is 32.7 Å². The van der Waals surface area contributed by atoms with Crippen molar-refractivity contribution < 1.29 is 37.5 Å². The fourth-order valence-corrected chi connectivity index (χ4v) is 10.9. The number of nitrogens with one attached hydrogen (secondary N) is 1. The van der Waals surface area contributed by atoms with Gasteiger partial charge in [0.2, 0.25) is 11.8 Å². The normalized spacial score (nSPS) is 27.2. The molecular formula is C45H40Cl2F3N5O5. The molecule has 2 aliphatic carbocycles. The minimum atomic E-state index is -4.74. The largest absolute Gasteiger partial charge is 0.508 e. The van der Waals surface area contributed by atoms with E-state index in [1.54, 1.807) is 43.3 Å². The number of carbonyl (C=O) groups is 4. The molecule has 310 valence electrons. The number of aryl methyl sites for hydroxylation is 1. The molecule has 6 unspecified atom stereocenters. The first-order valence-corrected chi connectivity index (χ1v) is 20.7. The Bertz CT molecular complexity index is 2440. The lowest BCUT2D eigenvalue weighted by Crippen LogP contribution is -2.53. The van der Waals surface area contributed by atoms with Crippen molar-refractivity contribution in [2.75, 3.05) is 18.5 Å². The van der Waals surface area contributed by atoms with E-state index in [0.29, 0.717) is 59.9 Å². The van der Waals surface area contributed by atoms with E-state index in [4.69, 9.17) is 23.2 Å². The number of hydrogen-bond donors (Lipinski definition) is 2. The van der Waals surface area contributed by atoms with Crippen LogP contribution in [0.4, 0.5) is 19.0 Å². The lowest BCUT2D eigenvalue weighted by molar-refractivity contribution is -0.144. The third-order valence-corrected chi connectivity index (χ3v) is 13.9. The summed E-state index contributed by atoms with van der Waals surface area (Å²) in [5.41, 5.74) is 3.33. The summed E-state index contributed by atoms with van der Waals surface area (Å²) < 4.78 is 40.6. The highest BCUT2D eigenvalue weighted by molar-refractivity contribution is 6.33. The summed E-state index contributed by atoms with van der Waals surface area (Å²) in [5.74, 6) is -6.35. The highest BCUT2D eigenvalue weighted by Crippen LogP contribution is 2.64. The number of nitrogens with zero attached hydrogens (tertiary/aromatic N) is 4. The van der Waals surface area contributed by atoms with E-state index in [0.717, 1.165) is 17.1 Å². The lowest BCUT2D eigenvalue weighted by Gasteiger charge is -2.50. The number of aromatic hydroxyl groups is 1. The molecule has 60 heavy (non-hydrogen) atoms. The first-order chi connectivity index (χ1) is 28.7. The second-order valence-electron chi connectivity index (χ2n) is 16.5. The predicted molar refractivity (Wildman–Crippen MR) is 216 cm³/mol. The average molecular weight is 859 g/mol. The first-order valence-electron chi connectivity index (χ1n) is 19.9. The lowest BCUT2D eigenvalue weighted by atomic mass is 9.49. The topological polar surface area (TPSA) is 123 Å². The maximum Gasteiger partial charge on any atom is 0.417 e. The molecule has 4 aromatic rings. The smallest absolute Gasteiger partial charge is 0.417 e. The molecule has 3 aliphatic heterocycles. The molecule has 0 bridgehead atoms. The first kappa shape index (κ1) is 40.2. The molecule has 5 aliphatic rings. The van der Waals surface area contributed by atoms with Crippen LogP contribution in [0.3, 0.4) is 0 Å². The van der Waals surface area contributed by atoms with Crippen LogP contribution in [-0.4, -0.2) is 67.7 Å². The van der Waals surface area contributed by atoms with Crippen LogP contribution in [-0.2, 0) is 37.3 Å². The third kappa shape index (κ3) is 6.47. The molecule has 6 atom stereocenters. The van der Waals surface area contributed by atoms with E-state index in [1.165, 1.54) is 16.5 Å². The predicted octanol–water partition coefficient (Wildman–Crippen LogP) is 8.07. The number of alkyl halides is 3. The molecule has 9 rings (SSSR count). The van der Waals surface area contributed by atoms with Gasteiger partial charge in [0.25, 0.3) is 11.8 Å². The molecule has 0 spiro atoms. The van der Waals surface area contributed by atoms with Crippen LogP contribution in [0.5, 0.6) is 5.75 Å². The van der Waals surface area contributed by atoms with Crippen molar-refractivity contribution in [1.82, 2.24) is 19.8 Å². The van der Waals surface area contributed by atoms with Crippen LogP contribution in [0.2, 0.25) is 10.0 Å². The van der Waals surface area contributed by atoms with Gasteiger partial charge >= 0.3 is 6.18 Å². The maximum atomic E-state index is 15.4. The fraction of sp³-hybridized carbons (Fsp3) is 0.356. The van der Waals surface area contributed by atoms with Crippen molar-refractivity contribution in [1.29, 1.82) is 0 Å². The molecular weight excluding hydrogens is 818 g/mol. The van der Waals surface area contributed by atoms with E-state index in [-0.39, 0.29) is 42.3 Å². The Morgan fingerprint density at radius 2 is 1.62 bits per heavy atom. The Kier molecular flexibility index (Phi) is 10.1. The van der Waals surface area contributed by atoms with Gasteiger partial charge in [0, 0.05) is 42.8 Å². The number of phenols is 1. The average Bonchev–Trinajstić information content (AvgIpc) is 3.60. The number of piperidine rings is 1. The second kappa shape index (κ2) is 15.0. The number of likely N-dealkylation sites (tertiary alicyclic amines) is 2. The summed E-state index contributed by atoms with van der Waals surface area (Å²) in [6.45, 7) is 3.91. The number of pyridine rings is 1. The number of allylic oxidation sites excluding steroid dienone is 2. The Hall–Kier alpha value is -5.24. The number of fused-ring (bicyclic) bond motifs is 4. The van der Waals surface area contributed by atoms with E-state index >= 15 is 4.79 Å². The van der Waals surface area contributed by atoms with Crippen molar-refractivity contribution >= 4 is 52.6 Å². The van der Waals surface area contributed by atoms with Gasteiger partial charge in [0.1, 0.15) is 5.75 Å². The molecule has 1 aromatic heterocycles. The number of aromatic nitrogens is 1. The zero-order valence-electron chi connectivity index (χ0n) is 32.3. The zero-order valence-corrected chi connectivity index (χ0v) is 33.8. The van der Waals surface area contributed by atoms with Crippen LogP contribution in [0.15, 0.2) is 96.7 Å². The molecule has 0 radical (unpaired) electrons. The molecule has 4 amide bonds. The highest BCUT2D eigenvalue weighted by Gasteiger charge is 2.70. The number of halogens is 5. The number of benzene rings is 3. The van der Waals surface area contributed by atoms with E-state index in [2.05, 4.69) is 27.4 Å². The number of imide groups is 2. The van der Waals surface area contributed by atoms with Gasteiger partial charge in [-0.2, -0.15) is 18.2 Å². The summed E-state index contributed by atoms with van der Waals surface area (Å²) in [6, 6.07) is 22.0. The SMILES string of the molecule is Cc1cc(C2C3=CCC4C(=O)N(C5CCN(Cc6ccccc6)CC5)C(=O)C4C3CC3C(=O)N(Nc4ncc(C(F)(F)F)cc4Cl)C(=O)C32c2ccc(Cl)cc2)ccc1O. The molecule has 3 aromatic carbocycles. The molecule has 4 fully saturated rings. The Morgan fingerprint density at radius 3 is 2.28 bits per heavy atom. The van der Waals surface area contributed by atoms with Crippen LogP contribution >= 0.6 is 23.2 Å². The van der Waals surface area contributed by atoms with Crippen molar-refractivity contribution in [2.24, 2.45) is 23.7 Å². The highest BCUT2D eigenvalue weighted by atomic mass is 35.5. The number of carbonyl (C=O) groups excluding carboxylic acids is 4. The molecule has 4 heterocycles. The number of rotatable bonds is 7. The van der Waals surface area contributed by atoms with Crippen molar-refractivity contribution in [2.45, 2.75) is 62.7 Å². The minimum Gasteiger partial charge on any atom is -0.508 e. The number of anilines is 1. The van der Waals surface area contributed by atoms with Gasteiger partial charge in [-0.3, -0.25) is 34.4 Å². The number of phenolic OH excluding ortho intramolecular Hbond substituents is 1. The monoisotopic (exact) mass is 857 g/mol. The number of hydrazine groups is 1. The number of amides is 4.